The zero-order chi connectivity index (χ0) is 14.4. The summed E-state index contributed by atoms with van der Waals surface area (Å²) in [4.78, 5) is 11.4. The van der Waals surface area contributed by atoms with Crippen molar-refractivity contribution in [2.75, 3.05) is 23.3 Å². The van der Waals surface area contributed by atoms with Crippen LogP contribution in [0.4, 0.5) is 11.6 Å². The van der Waals surface area contributed by atoms with E-state index in [1.165, 1.54) is 0 Å². The van der Waals surface area contributed by atoms with Gasteiger partial charge in [-0.05, 0) is 33.1 Å². The molecule has 0 aliphatic carbocycles. The van der Waals surface area contributed by atoms with Gasteiger partial charge in [-0.1, -0.05) is 20.8 Å². The summed E-state index contributed by atoms with van der Waals surface area (Å²) in [7, 11) is 0. The van der Waals surface area contributed by atoms with Crippen LogP contribution in [-0.2, 0) is 0 Å². The summed E-state index contributed by atoms with van der Waals surface area (Å²) in [6.45, 7) is 15.0. The molecule has 0 aliphatic heterocycles. The number of aromatic nitrogens is 2. The first kappa shape index (κ1) is 15.7. The highest BCUT2D eigenvalue weighted by Crippen LogP contribution is 2.19. The molecule has 0 bridgehead atoms. The number of nitrogens with one attached hydrogen (secondary N) is 1. The van der Waals surface area contributed by atoms with Gasteiger partial charge in [-0.25, -0.2) is 9.97 Å². The second-order valence-electron chi connectivity index (χ2n) is 5.73. The van der Waals surface area contributed by atoms with Gasteiger partial charge in [0.15, 0.2) is 0 Å². The van der Waals surface area contributed by atoms with Crippen LogP contribution in [-0.4, -0.2) is 29.1 Å². The Hall–Kier alpha value is -1.32. The third-order valence-corrected chi connectivity index (χ3v) is 2.86. The summed E-state index contributed by atoms with van der Waals surface area (Å²) in [6, 6.07) is 2.50. The van der Waals surface area contributed by atoms with Crippen LogP contribution in [0, 0.1) is 12.8 Å². The SMILES string of the molecule is CCCNc1cc(N(CC(C)C)C(C)C)nc(C)n1. The van der Waals surface area contributed by atoms with Gasteiger partial charge in [-0.2, -0.15) is 0 Å². The van der Waals surface area contributed by atoms with Crippen molar-refractivity contribution in [2.45, 2.75) is 54.0 Å². The first-order chi connectivity index (χ1) is 8.93. The monoisotopic (exact) mass is 264 g/mol. The molecule has 1 N–H and O–H groups in total. The fourth-order valence-electron chi connectivity index (χ4n) is 2.00. The van der Waals surface area contributed by atoms with Crippen molar-refractivity contribution >= 4 is 11.6 Å². The Kier molecular flexibility index (Phi) is 6.06. The number of anilines is 2. The minimum Gasteiger partial charge on any atom is -0.370 e. The maximum Gasteiger partial charge on any atom is 0.134 e. The predicted molar refractivity (Wildman–Crippen MR) is 82.9 cm³/mol. The van der Waals surface area contributed by atoms with Crippen molar-refractivity contribution in [3.05, 3.63) is 11.9 Å². The first-order valence-corrected chi connectivity index (χ1v) is 7.30. The van der Waals surface area contributed by atoms with Crippen LogP contribution in [0.2, 0.25) is 0 Å². The van der Waals surface area contributed by atoms with E-state index < -0.39 is 0 Å². The van der Waals surface area contributed by atoms with Gasteiger partial charge in [0.1, 0.15) is 17.5 Å². The second kappa shape index (κ2) is 7.31. The number of aryl methyl sites for hydroxylation is 1. The average Bonchev–Trinajstić information content (AvgIpc) is 2.32. The molecule has 1 aromatic heterocycles. The Balaban J connectivity index is 2.98. The van der Waals surface area contributed by atoms with E-state index >= 15 is 0 Å². The highest BCUT2D eigenvalue weighted by molar-refractivity contribution is 5.50. The fourth-order valence-corrected chi connectivity index (χ4v) is 2.00. The lowest BCUT2D eigenvalue weighted by Gasteiger charge is -2.30. The lowest BCUT2D eigenvalue weighted by atomic mass is 10.2. The molecule has 0 radical (unpaired) electrons. The molecule has 0 unspecified atom stereocenters. The van der Waals surface area contributed by atoms with Crippen LogP contribution < -0.4 is 10.2 Å². The van der Waals surface area contributed by atoms with Crippen molar-refractivity contribution in [1.29, 1.82) is 0 Å². The second-order valence-corrected chi connectivity index (χ2v) is 5.73. The number of hydrogen-bond acceptors (Lipinski definition) is 4. The zero-order valence-corrected chi connectivity index (χ0v) is 13.2. The Morgan fingerprint density at radius 3 is 2.42 bits per heavy atom. The third kappa shape index (κ3) is 5.05. The molecule has 1 aromatic rings. The predicted octanol–water partition coefficient (Wildman–Crippen LogP) is 3.48. The molecule has 0 saturated carbocycles. The number of rotatable bonds is 7. The molecule has 0 saturated heterocycles. The van der Waals surface area contributed by atoms with Crippen molar-refractivity contribution < 1.29 is 0 Å². The highest BCUT2D eigenvalue weighted by atomic mass is 15.2. The Bertz CT molecular complexity index is 388. The van der Waals surface area contributed by atoms with Gasteiger partial charge in [-0.3, -0.25) is 0 Å². The largest absolute Gasteiger partial charge is 0.370 e. The smallest absolute Gasteiger partial charge is 0.134 e. The van der Waals surface area contributed by atoms with Crippen LogP contribution in [0.3, 0.4) is 0 Å². The minimum atomic E-state index is 0.440. The standard InChI is InChI=1S/C15H28N4/c1-7-8-16-14-9-15(18-13(6)17-14)19(12(4)5)10-11(2)3/h9,11-12H,7-8,10H2,1-6H3,(H,16,17,18). The molecule has 0 aliphatic rings. The molecule has 4 heteroatoms. The van der Waals surface area contributed by atoms with Crippen molar-refractivity contribution in [3.63, 3.8) is 0 Å². The molecule has 0 spiro atoms. The van der Waals surface area contributed by atoms with Crippen LogP contribution in [0.25, 0.3) is 0 Å². The van der Waals surface area contributed by atoms with E-state index in [4.69, 9.17) is 0 Å². The molecule has 0 aromatic carbocycles. The van der Waals surface area contributed by atoms with Crippen LogP contribution >= 0.6 is 0 Å². The van der Waals surface area contributed by atoms with E-state index in [0.717, 1.165) is 37.0 Å². The van der Waals surface area contributed by atoms with Gasteiger partial charge in [0, 0.05) is 25.2 Å². The third-order valence-electron chi connectivity index (χ3n) is 2.86. The quantitative estimate of drug-likeness (QED) is 0.818. The van der Waals surface area contributed by atoms with Crippen molar-refractivity contribution in [1.82, 2.24) is 9.97 Å². The molecule has 19 heavy (non-hydrogen) atoms. The van der Waals surface area contributed by atoms with Gasteiger partial charge in [0.05, 0.1) is 0 Å². The Morgan fingerprint density at radius 2 is 1.89 bits per heavy atom. The van der Waals surface area contributed by atoms with Gasteiger partial charge < -0.3 is 10.2 Å². The van der Waals surface area contributed by atoms with Crippen LogP contribution in [0.1, 0.15) is 46.9 Å². The molecule has 0 amide bonds. The molecule has 108 valence electrons. The van der Waals surface area contributed by atoms with Gasteiger partial charge >= 0.3 is 0 Å². The van der Waals surface area contributed by atoms with E-state index in [1.54, 1.807) is 0 Å². The number of hydrogen-bond donors (Lipinski definition) is 1. The maximum absolute atomic E-state index is 4.59. The zero-order valence-electron chi connectivity index (χ0n) is 13.2. The summed E-state index contributed by atoms with van der Waals surface area (Å²) in [5, 5.41) is 3.34. The maximum atomic E-state index is 4.59. The topological polar surface area (TPSA) is 41.0 Å². The molecular formula is C15H28N4. The van der Waals surface area contributed by atoms with E-state index in [-0.39, 0.29) is 0 Å². The van der Waals surface area contributed by atoms with Gasteiger partial charge in [0.25, 0.3) is 0 Å². The summed E-state index contributed by atoms with van der Waals surface area (Å²) in [5.74, 6) is 3.39. The minimum absolute atomic E-state index is 0.440. The van der Waals surface area contributed by atoms with Gasteiger partial charge in [-0.15, -0.1) is 0 Å². The lowest BCUT2D eigenvalue weighted by Crippen LogP contribution is -2.35. The summed E-state index contributed by atoms with van der Waals surface area (Å²) in [6.07, 6.45) is 1.10. The molecule has 0 fully saturated rings. The Labute approximate surface area is 117 Å². The highest BCUT2D eigenvalue weighted by Gasteiger charge is 2.15. The van der Waals surface area contributed by atoms with Crippen molar-refractivity contribution in [3.8, 4) is 0 Å². The number of nitrogens with zero attached hydrogens (tertiary/aromatic N) is 3. The summed E-state index contributed by atoms with van der Waals surface area (Å²) >= 11 is 0. The summed E-state index contributed by atoms with van der Waals surface area (Å²) in [5.41, 5.74) is 0. The first-order valence-electron chi connectivity index (χ1n) is 7.30. The normalized spacial score (nSPS) is 11.2. The van der Waals surface area contributed by atoms with E-state index in [2.05, 4.69) is 60.9 Å². The molecule has 4 nitrogen and oxygen atoms in total. The lowest BCUT2D eigenvalue weighted by molar-refractivity contribution is 0.565. The molecule has 1 rings (SSSR count). The van der Waals surface area contributed by atoms with Crippen LogP contribution in [0.15, 0.2) is 6.07 Å². The van der Waals surface area contributed by atoms with Gasteiger partial charge in [0.2, 0.25) is 0 Å². The van der Waals surface area contributed by atoms with Crippen LogP contribution in [0.5, 0.6) is 0 Å². The van der Waals surface area contributed by atoms with E-state index in [9.17, 15) is 0 Å². The molecule has 1 heterocycles. The molecular weight excluding hydrogens is 236 g/mol. The van der Waals surface area contributed by atoms with E-state index in [1.807, 2.05) is 6.92 Å². The average molecular weight is 264 g/mol. The Morgan fingerprint density at radius 1 is 1.21 bits per heavy atom. The summed E-state index contributed by atoms with van der Waals surface area (Å²) < 4.78 is 0. The molecule has 0 atom stereocenters. The fraction of sp³-hybridized carbons (Fsp3) is 0.733. The van der Waals surface area contributed by atoms with Crippen molar-refractivity contribution in [2.24, 2.45) is 5.92 Å². The van der Waals surface area contributed by atoms with E-state index in [0.29, 0.717) is 12.0 Å².